The van der Waals surface area contributed by atoms with Crippen molar-refractivity contribution in [3.63, 3.8) is 0 Å². The fraction of sp³-hybridized carbons (Fsp3) is 0.312. The Morgan fingerprint density at radius 3 is 2.90 bits per heavy atom. The molecule has 0 N–H and O–H groups in total. The van der Waals surface area contributed by atoms with Crippen LogP contribution in [-0.2, 0) is 17.6 Å². The molecule has 0 fully saturated rings. The van der Waals surface area contributed by atoms with Gasteiger partial charge in [-0.15, -0.1) is 0 Å². The molecule has 2 heterocycles. The predicted molar refractivity (Wildman–Crippen MR) is 77.6 cm³/mol. The van der Waals surface area contributed by atoms with Crippen molar-refractivity contribution in [2.24, 2.45) is 0 Å². The third-order valence-corrected chi connectivity index (χ3v) is 3.62. The molecule has 0 atom stereocenters. The topological polar surface area (TPSA) is 46.1 Å². The van der Waals surface area contributed by atoms with Gasteiger partial charge in [-0.25, -0.2) is 9.97 Å². The lowest BCUT2D eigenvalue weighted by Crippen LogP contribution is -2.36. The lowest BCUT2D eigenvalue weighted by atomic mass is 9.99. The Bertz CT molecular complexity index is 625. The van der Waals surface area contributed by atoms with Gasteiger partial charge in [-0.1, -0.05) is 17.7 Å². The van der Waals surface area contributed by atoms with Crippen molar-refractivity contribution < 1.29 is 4.79 Å². The number of carbonyl (C=O) groups is 1. The fourth-order valence-corrected chi connectivity index (χ4v) is 2.68. The Balaban J connectivity index is 1.83. The fourth-order valence-electron chi connectivity index (χ4n) is 2.68. The molecule has 0 saturated carbocycles. The highest BCUT2D eigenvalue weighted by Crippen LogP contribution is 2.28. The summed E-state index contributed by atoms with van der Waals surface area (Å²) in [5.41, 5.74) is 4.43. The third-order valence-electron chi connectivity index (χ3n) is 3.62. The van der Waals surface area contributed by atoms with Gasteiger partial charge in [0.05, 0.1) is 6.42 Å². The highest BCUT2D eigenvalue weighted by atomic mass is 16.2. The highest BCUT2D eigenvalue weighted by molar-refractivity contribution is 5.95. The van der Waals surface area contributed by atoms with Crippen LogP contribution < -0.4 is 4.90 Å². The van der Waals surface area contributed by atoms with Crippen LogP contribution in [0.1, 0.15) is 23.1 Å². The van der Waals surface area contributed by atoms with Crippen LogP contribution in [0.2, 0.25) is 0 Å². The third kappa shape index (κ3) is 2.54. The van der Waals surface area contributed by atoms with E-state index in [1.165, 1.54) is 17.5 Å². The predicted octanol–water partition coefficient (Wildman–Crippen LogP) is 2.31. The number of benzene rings is 1. The summed E-state index contributed by atoms with van der Waals surface area (Å²) in [6.45, 7) is 2.88. The van der Waals surface area contributed by atoms with E-state index in [1.807, 2.05) is 4.90 Å². The molecule has 4 heteroatoms. The molecule has 1 aromatic carbocycles. The van der Waals surface area contributed by atoms with Crippen LogP contribution in [0.15, 0.2) is 36.9 Å². The normalized spacial score (nSPS) is 13.9. The van der Waals surface area contributed by atoms with Gasteiger partial charge in [0.25, 0.3) is 0 Å². The van der Waals surface area contributed by atoms with Crippen molar-refractivity contribution in [3.05, 3.63) is 53.6 Å². The second-order valence-corrected chi connectivity index (χ2v) is 5.20. The molecule has 0 radical (unpaired) electrons. The summed E-state index contributed by atoms with van der Waals surface area (Å²) < 4.78 is 0. The number of aryl methyl sites for hydroxylation is 2. The summed E-state index contributed by atoms with van der Waals surface area (Å²) in [5.74, 6) is 0.115. The van der Waals surface area contributed by atoms with E-state index >= 15 is 0 Å². The van der Waals surface area contributed by atoms with Crippen LogP contribution in [0.3, 0.4) is 0 Å². The van der Waals surface area contributed by atoms with Gasteiger partial charge in [0.15, 0.2) is 0 Å². The molecule has 0 unspecified atom stereocenters. The van der Waals surface area contributed by atoms with Crippen LogP contribution >= 0.6 is 0 Å². The van der Waals surface area contributed by atoms with Gasteiger partial charge in [-0.3, -0.25) is 4.79 Å². The van der Waals surface area contributed by atoms with E-state index in [2.05, 4.69) is 35.1 Å². The van der Waals surface area contributed by atoms with E-state index in [1.54, 1.807) is 12.4 Å². The van der Waals surface area contributed by atoms with Crippen LogP contribution in [0.25, 0.3) is 0 Å². The van der Waals surface area contributed by atoms with E-state index in [0.717, 1.165) is 30.6 Å². The lowest BCUT2D eigenvalue weighted by molar-refractivity contribution is -0.118. The minimum Gasteiger partial charge on any atom is -0.312 e. The largest absolute Gasteiger partial charge is 0.312 e. The average Bonchev–Trinajstić information content (AvgIpc) is 2.47. The van der Waals surface area contributed by atoms with Crippen molar-refractivity contribution in [3.8, 4) is 0 Å². The van der Waals surface area contributed by atoms with Gasteiger partial charge in [0.1, 0.15) is 6.33 Å². The molecule has 2 aromatic rings. The molecule has 1 aliphatic heterocycles. The molecule has 0 spiro atoms. The van der Waals surface area contributed by atoms with Crippen molar-refractivity contribution in [1.29, 1.82) is 0 Å². The van der Waals surface area contributed by atoms with Crippen LogP contribution in [0.5, 0.6) is 0 Å². The van der Waals surface area contributed by atoms with Crippen LogP contribution in [0.4, 0.5) is 5.69 Å². The van der Waals surface area contributed by atoms with E-state index in [0.29, 0.717) is 6.42 Å². The number of amides is 1. The first kappa shape index (κ1) is 12.8. The number of hydrogen-bond acceptors (Lipinski definition) is 3. The number of aromatic nitrogens is 2. The zero-order valence-electron chi connectivity index (χ0n) is 11.5. The van der Waals surface area contributed by atoms with Gasteiger partial charge in [-0.2, -0.15) is 0 Å². The summed E-state index contributed by atoms with van der Waals surface area (Å²) in [4.78, 5) is 22.3. The first-order valence-electron chi connectivity index (χ1n) is 6.88. The SMILES string of the molecule is Cc1ccc2c(c1)CCCN2C(=O)Cc1cncnc1. The Morgan fingerprint density at radius 2 is 2.10 bits per heavy atom. The summed E-state index contributed by atoms with van der Waals surface area (Å²) in [6.07, 6.45) is 7.31. The Kier molecular flexibility index (Phi) is 3.46. The zero-order chi connectivity index (χ0) is 13.9. The van der Waals surface area contributed by atoms with Crippen LogP contribution in [0, 0.1) is 6.92 Å². The van der Waals surface area contributed by atoms with Gasteiger partial charge < -0.3 is 4.90 Å². The van der Waals surface area contributed by atoms with E-state index in [9.17, 15) is 4.79 Å². The molecule has 1 amide bonds. The van der Waals surface area contributed by atoms with E-state index < -0.39 is 0 Å². The van der Waals surface area contributed by atoms with E-state index in [4.69, 9.17) is 0 Å². The molecule has 102 valence electrons. The maximum Gasteiger partial charge on any atom is 0.231 e. The summed E-state index contributed by atoms with van der Waals surface area (Å²) in [5, 5.41) is 0. The van der Waals surface area contributed by atoms with Crippen molar-refractivity contribution in [1.82, 2.24) is 9.97 Å². The molecule has 0 aliphatic carbocycles. The molecule has 4 nitrogen and oxygen atoms in total. The molecule has 1 aliphatic rings. The van der Waals surface area contributed by atoms with E-state index in [-0.39, 0.29) is 5.91 Å². The molecule has 20 heavy (non-hydrogen) atoms. The highest BCUT2D eigenvalue weighted by Gasteiger charge is 2.22. The number of hydrogen-bond donors (Lipinski definition) is 0. The second kappa shape index (κ2) is 5.41. The molecular weight excluding hydrogens is 250 g/mol. The number of anilines is 1. The summed E-state index contributed by atoms with van der Waals surface area (Å²) in [7, 11) is 0. The quantitative estimate of drug-likeness (QED) is 0.838. The standard InChI is InChI=1S/C16H17N3O/c1-12-4-5-15-14(7-12)3-2-6-19(15)16(20)8-13-9-17-11-18-10-13/h4-5,7,9-11H,2-3,6,8H2,1H3. The van der Waals surface area contributed by atoms with Crippen molar-refractivity contribution in [2.75, 3.05) is 11.4 Å². The van der Waals surface area contributed by atoms with Crippen molar-refractivity contribution >= 4 is 11.6 Å². The molecular formula is C16H17N3O. The number of rotatable bonds is 2. The summed E-state index contributed by atoms with van der Waals surface area (Å²) >= 11 is 0. The van der Waals surface area contributed by atoms with Gasteiger partial charge in [0, 0.05) is 24.6 Å². The Morgan fingerprint density at radius 1 is 1.30 bits per heavy atom. The Labute approximate surface area is 118 Å². The maximum absolute atomic E-state index is 12.5. The first-order chi connectivity index (χ1) is 9.74. The maximum atomic E-state index is 12.5. The summed E-state index contributed by atoms with van der Waals surface area (Å²) in [6, 6.07) is 6.31. The number of fused-ring (bicyclic) bond motifs is 1. The zero-order valence-corrected chi connectivity index (χ0v) is 11.5. The first-order valence-corrected chi connectivity index (χ1v) is 6.88. The van der Waals surface area contributed by atoms with Gasteiger partial charge >= 0.3 is 0 Å². The Hall–Kier alpha value is -2.23. The number of carbonyl (C=O) groups excluding carboxylic acids is 1. The molecule has 0 bridgehead atoms. The van der Waals surface area contributed by atoms with Crippen molar-refractivity contribution in [2.45, 2.75) is 26.2 Å². The van der Waals surface area contributed by atoms with Gasteiger partial charge in [0.2, 0.25) is 5.91 Å². The molecule has 0 saturated heterocycles. The minimum atomic E-state index is 0.115. The molecule has 1 aromatic heterocycles. The minimum absolute atomic E-state index is 0.115. The van der Waals surface area contributed by atoms with Crippen LogP contribution in [-0.4, -0.2) is 22.4 Å². The monoisotopic (exact) mass is 267 g/mol. The van der Waals surface area contributed by atoms with Gasteiger partial charge in [-0.05, 0) is 37.0 Å². The second-order valence-electron chi connectivity index (χ2n) is 5.20. The number of nitrogens with zero attached hydrogens (tertiary/aromatic N) is 3. The average molecular weight is 267 g/mol. The smallest absolute Gasteiger partial charge is 0.231 e. The molecule has 3 rings (SSSR count). The lowest BCUT2D eigenvalue weighted by Gasteiger charge is -2.29.